The molecule has 0 amide bonds. The molecule has 0 bridgehead atoms. The quantitative estimate of drug-likeness (QED) is 0.474. The molecule has 1 saturated carbocycles. The second-order valence-electron chi connectivity index (χ2n) is 4.36. The molecule has 2 nitrogen and oxygen atoms in total. The Morgan fingerprint density at radius 2 is 2.08 bits per heavy atom. The molecule has 1 rings (SSSR count). The van der Waals surface area contributed by atoms with Gasteiger partial charge in [0.05, 0.1) is 0 Å². The zero-order valence-corrected chi connectivity index (χ0v) is 8.38. The van der Waals surface area contributed by atoms with Gasteiger partial charge in [0, 0.05) is 11.6 Å². The summed E-state index contributed by atoms with van der Waals surface area (Å²) in [7, 11) is 0. The molecular formula is C10H20N2. The zero-order chi connectivity index (χ0) is 9.14. The van der Waals surface area contributed by atoms with E-state index in [0.717, 1.165) is 12.3 Å². The van der Waals surface area contributed by atoms with E-state index in [2.05, 4.69) is 25.9 Å². The maximum absolute atomic E-state index is 5.38. The molecule has 70 valence electrons. The molecule has 1 fully saturated rings. The Kier molecular flexibility index (Phi) is 3.12. The van der Waals surface area contributed by atoms with E-state index in [-0.39, 0.29) is 0 Å². The van der Waals surface area contributed by atoms with Crippen molar-refractivity contribution in [2.75, 3.05) is 0 Å². The van der Waals surface area contributed by atoms with Gasteiger partial charge in [-0.1, -0.05) is 20.8 Å². The van der Waals surface area contributed by atoms with Crippen LogP contribution < -0.4 is 5.84 Å². The van der Waals surface area contributed by atoms with Crippen molar-refractivity contribution in [3.8, 4) is 0 Å². The average Bonchev–Trinajstić information content (AvgIpc) is 2.03. The summed E-state index contributed by atoms with van der Waals surface area (Å²) in [5.41, 5.74) is 1.24. The predicted molar refractivity (Wildman–Crippen MR) is 53.0 cm³/mol. The highest BCUT2D eigenvalue weighted by atomic mass is 15.1. The third-order valence-corrected chi connectivity index (χ3v) is 2.93. The van der Waals surface area contributed by atoms with Crippen LogP contribution in [-0.2, 0) is 0 Å². The first-order chi connectivity index (χ1) is 5.65. The summed E-state index contributed by atoms with van der Waals surface area (Å²) >= 11 is 0. The maximum atomic E-state index is 5.38. The number of hydrogen-bond donors (Lipinski definition) is 1. The standard InChI is InChI=1S/C10H20N2/c1-7(2)9-5-4-8(3)6-10(9)12-11/h7-9H,4-6,11H2,1-3H3/b12-10+. The smallest absolute Gasteiger partial charge is 0.0412 e. The summed E-state index contributed by atoms with van der Waals surface area (Å²) in [4.78, 5) is 0. The van der Waals surface area contributed by atoms with Crippen molar-refractivity contribution in [1.82, 2.24) is 0 Å². The van der Waals surface area contributed by atoms with Gasteiger partial charge in [-0.15, -0.1) is 0 Å². The van der Waals surface area contributed by atoms with Gasteiger partial charge in [0.25, 0.3) is 0 Å². The molecule has 0 spiro atoms. The molecule has 2 N–H and O–H groups in total. The first kappa shape index (κ1) is 9.56. The van der Waals surface area contributed by atoms with E-state index < -0.39 is 0 Å². The Morgan fingerprint density at radius 3 is 2.58 bits per heavy atom. The molecule has 0 aromatic carbocycles. The van der Waals surface area contributed by atoms with E-state index in [0.29, 0.717) is 11.8 Å². The second kappa shape index (κ2) is 3.92. The molecule has 1 aliphatic rings. The lowest BCUT2D eigenvalue weighted by molar-refractivity contribution is 0.364. The number of hydrazone groups is 1. The normalized spacial score (nSPS) is 34.5. The molecule has 0 aliphatic heterocycles. The third-order valence-electron chi connectivity index (χ3n) is 2.93. The van der Waals surface area contributed by atoms with Crippen LogP contribution in [0.3, 0.4) is 0 Å². The van der Waals surface area contributed by atoms with Crippen LogP contribution in [0.25, 0.3) is 0 Å². The predicted octanol–water partition coefficient (Wildman–Crippen LogP) is 2.39. The SMILES string of the molecule is CC1CCC(C(C)C)/C(=N/N)C1. The van der Waals surface area contributed by atoms with Crippen LogP contribution in [-0.4, -0.2) is 5.71 Å². The lowest BCUT2D eigenvalue weighted by Gasteiger charge is -2.30. The van der Waals surface area contributed by atoms with Gasteiger partial charge in [-0.05, 0) is 31.1 Å². The van der Waals surface area contributed by atoms with Crippen LogP contribution in [0.2, 0.25) is 0 Å². The van der Waals surface area contributed by atoms with Crippen LogP contribution >= 0.6 is 0 Å². The fraction of sp³-hybridized carbons (Fsp3) is 0.900. The van der Waals surface area contributed by atoms with Gasteiger partial charge >= 0.3 is 0 Å². The molecule has 2 heteroatoms. The molecule has 12 heavy (non-hydrogen) atoms. The van der Waals surface area contributed by atoms with Gasteiger partial charge < -0.3 is 5.84 Å². The van der Waals surface area contributed by atoms with Gasteiger partial charge in [-0.25, -0.2) is 0 Å². The Morgan fingerprint density at radius 1 is 1.42 bits per heavy atom. The topological polar surface area (TPSA) is 38.4 Å². The third kappa shape index (κ3) is 1.99. The van der Waals surface area contributed by atoms with Crippen molar-refractivity contribution >= 4 is 5.71 Å². The summed E-state index contributed by atoms with van der Waals surface area (Å²) < 4.78 is 0. The Labute approximate surface area is 75.2 Å². The molecule has 0 heterocycles. The van der Waals surface area contributed by atoms with Crippen LogP contribution in [0.1, 0.15) is 40.0 Å². The fourth-order valence-electron chi connectivity index (χ4n) is 2.11. The van der Waals surface area contributed by atoms with Crippen molar-refractivity contribution in [1.29, 1.82) is 0 Å². The van der Waals surface area contributed by atoms with Gasteiger partial charge in [0.2, 0.25) is 0 Å². The summed E-state index contributed by atoms with van der Waals surface area (Å²) in [5.74, 6) is 7.50. The summed E-state index contributed by atoms with van der Waals surface area (Å²) in [6.07, 6.45) is 3.72. The van der Waals surface area contributed by atoms with E-state index >= 15 is 0 Å². The number of nitrogens with zero attached hydrogens (tertiary/aromatic N) is 1. The summed E-state index contributed by atoms with van der Waals surface area (Å²) in [6, 6.07) is 0. The van der Waals surface area contributed by atoms with Gasteiger partial charge in [-0.2, -0.15) is 5.10 Å². The number of hydrogen-bond acceptors (Lipinski definition) is 2. The van der Waals surface area contributed by atoms with E-state index in [1.54, 1.807) is 0 Å². The van der Waals surface area contributed by atoms with Crippen LogP contribution in [0, 0.1) is 17.8 Å². The van der Waals surface area contributed by atoms with Crippen molar-refractivity contribution in [2.24, 2.45) is 28.7 Å². The molecule has 0 aromatic heterocycles. The average molecular weight is 168 g/mol. The van der Waals surface area contributed by atoms with Crippen molar-refractivity contribution in [2.45, 2.75) is 40.0 Å². The second-order valence-corrected chi connectivity index (χ2v) is 4.36. The highest BCUT2D eigenvalue weighted by molar-refractivity contribution is 5.87. The van der Waals surface area contributed by atoms with Crippen molar-refractivity contribution < 1.29 is 0 Å². The molecule has 1 aliphatic carbocycles. The fourth-order valence-corrected chi connectivity index (χ4v) is 2.11. The number of rotatable bonds is 1. The van der Waals surface area contributed by atoms with Crippen LogP contribution in [0.5, 0.6) is 0 Å². The summed E-state index contributed by atoms with van der Waals surface area (Å²) in [5, 5.41) is 3.92. The summed E-state index contributed by atoms with van der Waals surface area (Å²) in [6.45, 7) is 6.79. The minimum absolute atomic E-state index is 0.645. The zero-order valence-electron chi connectivity index (χ0n) is 8.38. The minimum atomic E-state index is 0.645. The molecule has 0 aromatic rings. The van der Waals surface area contributed by atoms with E-state index in [4.69, 9.17) is 5.84 Å². The molecular weight excluding hydrogens is 148 g/mol. The first-order valence-electron chi connectivity index (χ1n) is 4.91. The molecule has 0 saturated heterocycles. The van der Waals surface area contributed by atoms with Crippen LogP contribution in [0.4, 0.5) is 0 Å². The highest BCUT2D eigenvalue weighted by Gasteiger charge is 2.26. The van der Waals surface area contributed by atoms with E-state index in [1.165, 1.54) is 18.6 Å². The van der Waals surface area contributed by atoms with Gasteiger partial charge in [-0.3, -0.25) is 0 Å². The van der Waals surface area contributed by atoms with Crippen molar-refractivity contribution in [3.05, 3.63) is 0 Å². The first-order valence-corrected chi connectivity index (χ1v) is 4.91. The van der Waals surface area contributed by atoms with Crippen LogP contribution in [0.15, 0.2) is 5.10 Å². The number of nitrogens with two attached hydrogens (primary N) is 1. The molecule has 0 radical (unpaired) electrons. The highest BCUT2D eigenvalue weighted by Crippen LogP contribution is 2.30. The van der Waals surface area contributed by atoms with E-state index in [9.17, 15) is 0 Å². The largest absolute Gasteiger partial charge is 0.323 e. The van der Waals surface area contributed by atoms with Gasteiger partial charge in [0.15, 0.2) is 0 Å². The molecule has 2 atom stereocenters. The van der Waals surface area contributed by atoms with Crippen molar-refractivity contribution in [3.63, 3.8) is 0 Å². The van der Waals surface area contributed by atoms with E-state index in [1.807, 2.05) is 0 Å². The molecule has 2 unspecified atom stereocenters. The lowest BCUT2D eigenvalue weighted by atomic mass is 9.76. The lowest BCUT2D eigenvalue weighted by Crippen LogP contribution is -2.28. The Bertz CT molecular complexity index is 173. The Hall–Kier alpha value is -0.530. The van der Waals surface area contributed by atoms with Gasteiger partial charge in [0.1, 0.15) is 0 Å². The maximum Gasteiger partial charge on any atom is 0.0412 e. The Balaban J connectivity index is 2.63. The monoisotopic (exact) mass is 168 g/mol. The minimum Gasteiger partial charge on any atom is -0.323 e.